The molecular formula is C12H19N3O2. The first-order valence-corrected chi connectivity index (χ1v) is 5.46. The number of carbonyl (C=O) groups is 1. The third kappa shape index (κ3) is 2.33. The molecule has 0 aromatic carbocycles. The van der Waals surface area contributed by atoms with Gasteiger partial charge in [-0.05, 0) is 32.4 Å². The van der Waals surface area contributed by atoms with Gasteiger partial charge in [0.15, 0.2) is 0 Å². The van der Waals surface area contributed by atoms with Crippen molar-refractivity contribution in [1.82, 2.24) is 9.47 Å². The van der Waals surface area contributed by atoms with Crippen LogP contribution < -0.4 is 11.3 Å². The highest BCUT2D eigenvalue weighted by Gasteiger charge is 2.20. The van der Waals surface area contributed by atoms with Gasteiger partial charge in [0.25, 0.3) is 5.56 Å². The van der Waals surface area contributed by atoms with Gasteiger partial charge in [0.2, 0.25) is 5.91 Å². The molecule has 2 N–H and O–H groups in total. The Morgan fingerprint density at radius 3 is 2.41 bits per heavy atom. The van der Waals surface area contributed by atoms with Gasteiger partial charge in [0.05, 0.1) is 0 Å². The highest BCUT2D eigenvalue weighted by molar-refractivity contribution is 5.79. The summed E-state index contributed by atoms with van der Waals surface area (Å²) in [5, 5.41) is 0. The maximum absolute atomic E-state index is 12.0. The zero-order chi connectivity index (χ0) is 13.3. The molecule has 0 aliphatic carbocycles. The number of hydrogen-bond donors (Lipinski definition) is 1. The average molecular weight is 237 g/mol. The summed E-state index contributed by atoms with van der Waals surface area (Å²) in [6, 6.07) is 1.27. The summed E-state index contributed by atoms with van der Waals surface area (Å²) in [7, 11) is 3.33. The number of likely N-dealkylation sites (N-methyl/N-ethyl adjacent to an activating group) is 1. The second-order valence-corrected chi connectivity index (χ2v) is 4.47. The van der Waals surface area contributed by atoms with E-state index in [0.717, 1.165) is 11.3 Å². The molecular weight excluding hydrogens is 218 g/mol. The molecule has 5 nitrogen and oxygen atoms in total. The van der Waals surface area contributed by atoms with Crippen LogP contribution in [0.4, 0.5) is 5.69 Å². The maximum atomic E-state index is 12.0. The topological polar surface area (TPSA) is 68.3 Å². The van der Waals surface area contributed by atoms with Gasteiger partial charge in [0, 0.05) is 19.8 Å². The molecule has 0 bridgehead atoms. The summed E-state index contributed by atoms with van der Waals surface area (Å²) in [6.45, 7) is 5.28. The van der Waals surface area contributed by atoms with E-state index in [1.807, 2.05) is 6.07 Å². The number of amides is 1. The lowest BCUT2D eigenvalue weighted by Gasteiger charge is -2.21. The third-order valence-electron chi connectivity index (χ3n) is 2.86. The SMILES string of the molecule is Cc1cc(C)n([C@H](C)C(=O)N(C)C)c(=O)c1N. The van der Waals surface area contributed by atoms with E-state index in [9.17, 15) is 9.59 Å². The number of aromatic nitrogens is 1. The van der Waals surface area contributed by atoms with E-state index < -0.39 is 6.04 Å². The molecule has 1 heterocycles. The molecule has 94 valence electrons. The largest absolute Gasteiger partial charge is 0.394 e. The van der Waals surface area contributed by atoms with Crippen molar-refractivity contribution in [2.45, 2.75) is 26.8 Å². The number of nitrogen functional groups attached to an aromatic ring is 1. The third-order valence-corrected chi connectivity index (χ3v) is 2.86. The number of rotatable bonds is 2. The predicted molar refractivity (Wildman–Crippen MR) is 68.0 cm³/mol. The standard InChI is InChI=1S/C12H19N3O2/c1-7-6-8(2)15(12(17)10(7)13)9(3)11(16)14(4)5/h6,9H,13H2,1-5H3/t9-/m1/s1. The molecule has 0 aliphatic heterocycles. The van der Waals surface area contributed by atoms with Crippen LogP contribution in [0.5, 0.6) is 0 Å². The van der Waals surface area contributed by atoms with Gasteiger partial charge in [-0.1, -0.05) is 0 Å². The fourth-order valence-corrected chi connectivity index (χ4v) is 1.88. The van der Waals surface area contributed by atoms with Gasteiger partial charge in [-0.15, -0.1) is 0 Å². The van der Waals surface area contributed by atoms with Crippen LogP contribution in [0.3, 0.4) is 0 Å². The number of anilines is 1. The molecule has 17 heavy (non-hydrogen) atoms. The lowest BCUT2D eigenvalue weighted by Crippen LogP contribution is -2.37. The normalized spacial score (nSPS) is 12.3. The summed E-state index contributed by atoms with van der Waals surface area (Å²) in [5.41, 5.74) is 7.09. The second-order valence-electron chi connectivity index (χ2n) is 4.47. The summed E-state index contributed by atoms with van der Waals surface area (Å²) in [6.07, 6.45) is 0. The highest BCUT2D eigenvalue weighted by atomic mass is 16.2. The first-order valence-electron chi connectivity index (χ1n) is 5.46. The summed E-state index contributed by atoms with van der Waals surface area (Å²) in [5.74, 6) is -0.126. The van der Waals surface area contributed by atoms with Gasteiger partial charge >= 0.3 is 0 Å². The van der Waals surface area contributed by atoms with E-state index in [4.69, 9.17) is 5.73 Å². The minimum Gasteiger partial charge on any atom is -0.394 e. The van der Waals surface area contributed by atoms with Crippen molar-refractivity contribution in [2.24, 2.45) is 0 Å². The van der Waals surface area contributed by atoms with E-state index in [2.05, 4.69) is 0 Å². The minimum absolute atomic E-state index is 0.126. The molecule has 1 aromatic heterocycles. The zero-order valence-corrected chi connectivity index (χ0v) is 10.9. The van der Waals surface area contributed by atoms with Crippen LogP contribution in [-0.4, -0.2) is 29.5 Å². The number of hydrogen-bond acceptors (Lipinski definition) is 3. The Hall–Kier alpha value is -1.78. The molecule has 0 unspecified atom stereocenters. The monoisotopic (exact) mass is 237 g/mol. The van der Waals surface area contributed by atoms with Crippen molar-refractivity contribution in [3.8, 4) is 0 Å². The molecule has 0 saturated heterocycles. The Labute approximate surface area is 101 Å². The van der Waals surface area contributed by atoms with Crippen molar-refractivity contribution < 1.29 is 4.79 Å². The highest BCUT2D eigenvalue weighted by Crippen LogP contribution is 2.13. The molecule has 0 saturated carbocycles. The molecule has 0 fully saturated rings. The minimum atomic E-state index is -0.541. The number of nitrogens with two attached hydrogens (primary N) is 1. The Balaban J connectivity index is 3.38. The van der Waals surface area contributed by atoms with Crippen molar-refractivity contribution in [3.05, 3.63) is 27.7 Å². The van der Waals surface area contributed by atoms with Crippen LogP contribution in [0.15, 0.2) is 10.9 Å². The van der Waals surface area contributed by atoms with Crippen LogP contribution in [0.25, 0.3) is 0 Å². The van der Waals surface area contributed by atoms with E-state index in [-0.39, 0.29) is 17.2 Å². The first-order chi connectivity index (χ1) is 7.77. The van der Waals surface area contributed by atoms with Crippen molar-refractivity contribution in [2.75, 3.05) is 19.8 Å². The van der Waals surface area contributed by atoms with Gasteiger partial charge in [-0.25, -0.2) is 0 Å². The maximum Gasteiger partial charge on any atom is 0.274 e. The number of nitrogens with zero attached hydrogens (tertiary/aromatic N) is 2. The van der Waals surface area contributed by atoms with Gasteiger partial charge in [0.1, 0.15) is 11.7 Å². The zero-order valence-electron chi connectivity index (χ0n) is 10.9. The van der Waals surface area contributed by atoms with Gasteiger partial charge < -0.3 is 10.6 Å². The molecule has 0 aliphatic rings. The summed E-state index contributed by atoms with van der Waals surface area (Å²) in [4.78, 5) is 25.4. The van der Waals surface area contributed by atoms with Crippen LogP contribution in [-0.2, 0) is 4.79 Å². The Bertz CT molecular complexity index is 503. The number of pyridine rings is 1. The summed E-state index contributed by atoms with van der Waals surface area (Å²) < 4.78 is 1.44. The summed E-state index contributed by atoms with van der Waals surface area (Å²) >= 11 is 0. The van der Waals surface area contributed by atoms with Gasteiger partial charge in [-0.3, -0.25) is 14.2 Å². The number of carbonyl (C=O) groups excluding carboxylic acids is 1. The molecule has 0 radical (unpaired) electrons. The Morgan fingerprint density at radius 1 is 1.41 bits per heavy atom. The molecule has 5 heteroatoms. The number of aryl methyl sites for hydroxylation is 2. The predicted octanol–water partition coefficient (Wildman–Crippen LogP) is 0.697. The van der Waals surface area contributed by atoms with E-state index in [0.29, 0.717) is 0 Å². The molecule has 1 amide bonds. The van der Waals surface area contributed by atoms with E-state index in [1.54, 1.807) is 34.9 Å². The molecule has 1 aromatic rings. The molecule has 0 spiro atoms. The molecule has 1 atom stereocenters. The van der Waals surface area contributed by atoms with Crippen LogP contribution >= 0.6 is 0 Å². The van der Waals surface area contributed by atoms with Crippen molar-refractivity contribution in [1.29, 1.82) is 0 Å². The second kappa shape index (κ2) is 4.61. The van der Waals surface area contributed by atoms with E-state index >= 15 is 0 Å². The quantitative estimate of drug-likeness (QED) is 0.823. The van der Waals surface area contributed by atoms with Crippen molar-refractivity contribution >= 4 is 11.6 Å². The fourth-order valence-electron chi connectivity index (χ4n) is 1.88. The van der Waals surface area contributed by atoms with Gasteiger partial charge in [-0.2, -0.15) is 0 Å². The lowest BCUT2D eigenvalue weighted by atomic mass is 10.2. The molecule has 1 rings (SSSR count). The average Bonchev–Trinajstić information content (AvgIpc) is 2.24. The fraction of sp³-hybridized carbons (Fsp3) is 0.500. The Kier molecular flexibility index (Phi) is 3.60. The Morgan fingerprint density at radius 2 is 1.94 bits per heavy atom. The van der Waals surface area contributed by atoms with Crippen LogP contribution in [0.2, 0.25) is 0 Å². The van der Waals surface area contributed by atoms with Crippen LogP contribution in [0, 0.1) is 13.8 Å². The lowest BCUT2D eigenvalue weighted by molar-refractivity contribution is -0.131. The smallest absolute Gasteiger partial charge is 0.274 e. The van der Waals surface area contributed by atoms with Crippen molar-refractivity contribution in [3.63, 3.8) is 0 Å². The van der Waals surface area contributed by atoms with Crippen LogP contribution in [0.1, 0.15) is 24.2 Å². The first kappa shape index (κ1) is 13.3. The van der Waals surface area contributed by atoms with E-state index in [1.165, 1.54) is 9.47 Å².